The average molecular weight is 465 g/mol. The van der Waals surface area contributed by atoms with Crippen LogP contribution in [0.25, 0.3) is 0 Å². The smallest absolute Gasteiger partial charge is 0.363 e. The van der Waals surface area contributed by atoms with Crippen LogP contribution >= 0.6 is 11.6 Å². The standard InChI is InChI=1S/C23H21ClF4N4/c1-11-8-12(21-29-16-7-6-13(23(26,27)28)10-17(16)30-21)9-18-20(11)31-22(32(18)2)19-14(24)4-3-5-15(19)25/h3-7,9-10,12,21-22,29-31H,8H2,1-2H3. The molecule has 4 nitrogen and oxygen atoms in total. The Labute approximate surface area is 187 Å². The van der Waals surface area contributed by atoms with Crippen molar-refractivity contribution in [3.63, 3.8) is 0 Å². The quantitative estimate of drug-likeness (QED) is 0.471. The second-order valence-corrected chi connectivity index (χ2v) is 8.80. The zero-order valence-electron chi connectivity index (χ0n) is 17.3. The highest BCUT2D eigenvalue weighted by Crippen LogP contribution is 2.44. The van der Waals surface area contributed by atoms with E-state index in [1.807, 2.05) is 18.9 Å². The first-order valence-electron chi connectivity index (χ1n) is 10.2. The van der Waals surface area contributed by atoms with Crippen molar-refractivity contribution in [1.29, 1.82) is 0 Å². The van der Waals surface area contributed by atoms with Crippen molar-refractivity contribution in [2.45, 2.75) is 31.9 Å². The van der Waals surface area contributed by atoms with Gasteiger partial charge in [-0.15, -0.1) is 0 Å². The van der Waals surface area contributed by atoms with E-state index in [1.54, 1.807) is 12.1 Å². The number of allylic oxidation sites excluding steroid dienone is 1. The Morgan fingerprint density at radius 1 is 1.06 bits per heavy atom. The van der Waals surface area contributed by atoms with Crippen LogP contribution in [0.2, 0.25) is 5.02 Å². The van der Waals surface area contributed by atoms with E-state index in [4.69, 9.17) is 11.6 Å². The first-order valence-corrected chi connectivity index (χ1v) is 10.6. The van der Waals surface area contributed by atoms with Crippen molar-refractivity contribution in [1.82, 2.24) is 10.2 Å². The van der Waals surface area contributed by atoms with E-state index in [2.05, 4.69) is 22.0 Å². The minimum Gasteiger partial charge on any atom is -0.363 e. The van der Waals surface area contributed by atoms with Crippen LogP contribution < -0.4 is 16.0 Å². The molecule has 1 aliphatic carbocycles. The van der Waals surface area contributed by atoms with E-state index in [0.717, 1.165) is 29.1 Å². The lowest BCUT2D eigenvalue weighted by molar-refractivity contribution is -0.137. The second kappa shape index (κ2) is 7.33. The molecule has 5 rings (SSSR count). The van der Waals surface area contributed by atoms with Gasteiger partial charge in [-0.05, 0) is 49.2 Å². The summed E-state index contributed by atoms with van der Waals surface area (Å²) in [4.78, 5) is 1.94. The number of likely N-dealkylation sites (N-methyl/N-ethyl adjacent to an activating group) is 1. The number of halogens is 5. The zero-order valence-corrected chi connectivity index (χ0v) is 18.1. The lowest BCUT2D eigenvalue weighted by atomic mass is 9.89. The Hall–Kier alpha value is -2.87. The molecule has 3 atom stereocenters. The van der Waals surface area contributed by atoms with Crippen LogP contribution in [0.1, 0.15) is 30.6 Å². The number of nitrogens with one attached hydrogen (secondary N) is 3. The Balaban J connectivity index is 1.42. The predicted molar refractivity (Wildman–Crippen MR) is 116 cm³/mol. The largest absolute Gasteiger partial charge is 0.416 e. The Morgan fingerprint density at radius 2 is 1.81 bits per heavy atom. The summed E-state index contributed by atoms with van der Waals surface area (Å²) in [6, 6.07) is 8.28. The monoisotopic (exact) mass is 464 g/mol. The molecular formula is C23H21ClF4N4. The van der Waals surface area contributed by atoms with Crippen LogP contribution in [0.15, 0.2) is 59.4 Å². The molecule has 2 heterocycles. The van der Waals surface area contributed by atoms with Gasteiger partial charge in [-0.2, -0.15) is 13.2 Å². The first-order chi connectivity index (χ1) is 15.1. The van der Waals surface area contributed by atoms with E-state index in [0.29, 0.717) is 28.4 Å². The third-order valence-corrected chi connectivity index (χ3v) is 6.64. The van der Waals surface area contributed by atoms with Gasteiger partial charge < -0.3 is 20.9 Å². The minimum absolute atomic E-state index is 0.0189. The lowest BCUT2D eigenvalue weighted by Crippen LogP contribution is -2.33. The normalized spacial score (nSPS) is 24.4. The van der Waals surface area contributed by atoms with Gasteiger partial charge in [-0.25, -0.2) is 4.39 Å². The number of nitrogens with zero attached hydrogens (tertiary/aromatic N) is 1. The third kappa shape index (κ3) is 3.37. The van der Waals surface area contributed by atoms with Crippen molar-refractivity contribution >= 4 is 23.0 Å². The molecule has 0 radical (unpaired) electrons. The maximum Gasteiger partial charge on any atom is 0.416 e. The molecule has 0 saturated carbocycles. The summed E-state index contributed by atoms with van der Waals surface area (Å²) in [7, 11) is 1.87. The summed E-state index contributed by atoms with van der Waals surface area (Å²) in [6.07, 6.45) is -2.33. The Morgan fingerprint density at radius 3 is 2.53 bits per heavy atom. The van der Waals surface area contributed by atoms with Gasteiger partial charge in [0, 0.05) is 18.5 Å². The van der Waals surface area contributed by atoms with Crippen LogP contribution in [0.3, 0.4) is 0 Å². The van der Waals surface area contributed by atoms with Crippen molar-refractivity contribution in [2.24, 2.45) is 5.92 Å². The number of rotatable bonds is 2. The van der Waals surface area contributed by atoms with E-state index in [9.17, 15) is 17.6 Å². The fourth-order valence-corrected chi connectivity index (χ4v) is 4.95. The molecular weight excluding hydrogens is 444 g/mol. The molecule has 1 fully saturated rings. The molecule has 1 saturated heterocycles. The molecule has 32 heavy (non-hydrogen) atoms. The van der Waals surface area contributed by atoms with Crippen molar-refractivity contribution in [3.05, 3.63) is 81.4 Å². The molecule has 0 aromatic heterocycles. The number of hydrogen-bond donors (Lipinski definition) is 3. The summed E-state index contributed by atoms with van der Waals surface area (Å²) in [5.41, 5.74) is 3.71. The Kier molecular flexibility index (Phi) is 4.81. The first kappa shape index (κ1) is 21.0. The third-order valence-electron chi connectivity index (χ3n) is 6.32. The van der Waals surface area contributed by atoms with Gasteiger partial charge in [0.2, 0.25) is 0 Å². The summed E-state index contributed by atoms with van der Waals surface area (Å²) in [5.74, 6) is -0.402. The van der Waals surface area contributed by atoms with Crippen LogP contribution in [-0.4, -0.2) is 18.1 Å². The van der Waals surface area contributed by atoms with Crippen molar-refractivity contribution in [3.8, 4) is 0 Å². The molecule has 0 amide bonds. The van der Waals surface area contributed by atoms with E-state index < -0.39 is 17.9 Å². The molecule has 3 aliphatic rings. The summed E-state index contributed by atoms with van der Waals surface area (Å²) in [5, 5.41) is 10.2. The van der Waals surface area contributed by atoms with Gasteiger partial charge in [0.15, 0.2) is 0 Å². The lowest BCUT2D eigenvalue weighted by Gasteiger charge is -2.29. The van der Waals surface area contributed by atoms with Crippen LogP contribution in [0.5, 0.6) is 0 Å². The van der Waals surface area contributed by atoms with Gasteiger partial charge in [-0.3, -0.25) is 0 Å². The van der Waals surface area contributed by atoms with Crippen molar-refractivity contribution < 1.29 is 17.6 Å². The van der Waals surface area contributed by atoms with Gasteiger partial charge in [-0.1, -0.05) is 23.7 Å². The SMILES string of the molecule is CC1=C2NC(c3c(F)cccc3Cl)N(C)C2=CC(C2Nc3ccc(C(F)(F)F)cc3N2)C1. The van der Waals surface area contributed by atoms with Gasteiger partial charge in [0.25, 0.3) is 0 Å². The molecule has 2 aromatic carbocycles. The summed E-state index contributed by atoms with van der Waals surface area (Å²) in [6.45, 7) is 2.01. The number of anilines is 2. The number of benzene rings is 2. The minimum atomic E-state index is -4.39. The molecule has 2 aromatic rings. The Bertz CT molecular complexity index is 1140. The molecule has 0 spiro atoms. The molecule has 168 valence electrons. The fraction of sp³-hybridized carbons (Fsp3) is 0.304. The maximum atomic E-state index is 14.6. The van der Waals surface area contributed by atoms with E-state index in [-0.39, 0.29) is 17.9 Å². The highest BCUT2D eigenvalue weighted by atomic mass is 35.5. The second-order valence-electron chi connectivity index (χ2n) is 8.39. The number of hydrogen-bond acceptors (Lipinski definition) is 4. The van der Waals surface area contributed by atoms with Gasteiger partial charge in [0.05, 0.1) is 33.4 Å². The highest BCUT2D eigenvalue weighted by molar-refractivity contribution is 6.31. The average Bonchev–Trinajstić information content (AvgIpc) is 3.29. The van der Waals surface area contributed by atoms with E-state index in [1.165, 1.54) is 12.1 Å². The number of fused-ring (bicyclic) bond motifs is 2. The summed E-state index contributed by atoms with van der Waals surface area (Å²) >= 11 is 6.30. The molecule has 3 N–H and O–H groups in total. The fourth-order valence-electron chi connectivity index (χ4n) is 4.69. The number of alkyl halides is 3. The van der Waals surface area contributed by atoms with Crippen molar-refractivity contribution in [2.75, 3.05) is 17.7 Å². The summed E-state index contributed by atoms with van der Waals surface area (Å²) < 4.78 is 53.8. The van der Waals surface area contributed by atoms with Gasteiger partial charge in [0.1, 0.15) is 18.1 Å². The zero-order chi connectivity index (χ0) is 22.8. The molecule has 0 bridgehead atoms. The topological polar surface area (TPSA) is 39.3 Å². The predicted octanol–water partition coefficient (Wildman–Crippen LogP) is 6.07. The highest BCUT2D eigenvalue weighted by Gasteiger charge is 2.39. The maximum absolute atomic E-state index is 14.6. The van der Waals surface area contributed by atoms with Gasteiger partial charge >= 0.3 is 6.18 Å². The van der Waals surface area contributed by atoms with Crippen LogP contribution in [0.4, 0.5) is 28.9 Å². The van der Waals surface area contributed by atoms with E-state index >= 15 is 0 Å². The molecule has 3 unspecified atom stereocenters. The molecule has 2 aliphatic heterocycles. The van der Waals surface area contributed by atoms with Crippen LogP contribution in [-0.2, 0) is 6.18 Å². The van der Waals surface area contributed by atoms with Crippen LogP contribution in [0, 0.1) is 11.7 Å². The molecule has 9 heteroatoms.